The van der Waals surface area contributed by atoms with Gasteiger partial charge in [0, 0.05) is 17.8 Å². The Labute approximate surface area is 201 Å². The Morgan fingerprint density at radius 1 is 0.882 bits per heavy atom. The fourth-order valence-electron chi connectivity index (χ4n) is 3.32. The molecule has 170 valence electrons. The monoisotopic (exact) mass is 469 g/mol. The number of hydrogen-bond acceptors (Lipinski definition) is 5. The van der Waals surface area contributed by atoms with Crippen molar-refractivity contribution in [2.75, 3.05) is 16.4 Å². The van der Waals surface area contributed by atoms with E-state index in [1.165, 1.54) is 11.8 Å². The fraction of sp³-hybridized carbons (Fsp3) is 0.0769. The van der Waals surface area contributed by atoms with Crippen LogP contribution in [0.15, 0.2) is 103 Å². The number of rotatable bonds is 9. The molecule has 0 saturated heterocycles. The van der Waals surface area contributed by atoms with E-state index in [0.29, 0.717) is 34.5 Å². The molecule has 0 spiro atoms. The molecular weight excluding hydrogens is 446 g/mol. The smallest absolute Gasteiger partial charge is 0.257 e. The van der Waals surface area contributed by atoms with Crippen molar-refractivity contribution in [2.45, 2.75) is 11.7 Å². The lowest BCUT2D eigenvalue weighted by molar-refractivity contribution is -0.113. The normalized spacial score (nSPS) is 10.5. The van der Waals surface area contributed by atoms with Crippen LogP contribution in [0.1, 0.15) is 10.4 Å². The molecule has 0 radical (unpaired) electrons. The molecule has 1 aromatic heterocycles. The molecule has 2 amide bonds. The van der Waals surface area contributed by atoms with Crippen LogP contribution in [0, 0.1) is 0 Å². The Hall–Kier alpha value is -4.17. The third-order valence-electron chi connectivity index (χ3n) is 4.87. The van der Waals surface area contributed by atoms with Crippen LogP contribution in [0.3, 0.4) is 0 Å². The number of hydrogen-bond donors (Lipinski definition) is 2. The lowest BCUT2D eigenvalue weighted by Gasteiger charge is -2.12. The van der Waals surface area contributed by atoms with Crippen LogP contribution < -0.4 is 10.6 Å². The zero-order valence-corrected chi connectivity index (χ0v) is 19.2. The highest BCUT2D eigenvalue weighted by molar-refractivity contribution is 7.99. The van der Waals surface area contributed by atoms with E-state index in [4.69, 9.17) is 0 Å². The van der Waals surface area contributed by atoms with E-state index in [-0.39, 0.29) is 17.6 Å². The Bertz CT molecular complexity index is 1290. The number of benzene rings is 3. The molecule has 0 saturated carbocycles. The molecule has 0 aliphatic carbocycles. The van der Waals surface area contributed by atoms with Gasteiger partial charge in [0.25, 0.3) is 5.91 Å². The van der Waals surface area contributed by atoms with Gasteiger partial charge >= 0.3 is 0 Å². The summed E-state index contributed by atoms with van der Waals surface area (Å²) in [6, 6.07) is 25.8. The number of nitrogens with one attached hydrogen (secondary N) is 2. The molecule has 0 bridgehead atoms. The lowest BCUT2D eigenvalue weighted by Crippen LogP contribution is -2.19. The van der Waals surface area contributed by atoms with Crippen LogP contribution >= 0.6 is 11.8 Å². The van der Waals surface area contributed by atoms with Gasteiger partial charge in [-0.2, -0.15) is 0 Å². The zero-order chi connectivity index (χ0) is 23.8. The first-order valence-corrected chi connectivity index (χ1v) is 11.6. The van der Waals surface area contributed by atoms with Crippen molar-refractivity contribution in [2.24, 2.45) is 0 Å². The number of carbonyl (C=O) groups excluding carboxylic acids is 2. The molecule has 8 heteroatoms. The van der Waals surface area contributed by atoms with Gasteiger partial charge in [-0.25, -0.2) is 0 Å². The first kappa shape index (κ1) is 23.0. The highest BCUT2D eigenvalue weighted by Gasteiger charge is 2.17. The highest BCUT2D eigenvalue weighted by Crippen LogP contribution is 2.24. The maximum Gasteiger partial charge on any atom is 0.257 e. The standard InChI is InChI=1S/C26H23N5O2S/c1-2-17-31-24(19-11-5-3-6-12-19)29-30-26(31)34-18-23(32)28-22-16-10-9-15-21(22)25(33)27-20-13-7-4-8-14-20/h2-16H,1,17-18H2,(H,27,33)(H,28,32). The van der Waals surface area contributed by atoms with Crippen LogP contribution in [0.25, 0.3) is 11.4 Å². The maximum absolute atomic E-state index is 12.8. The Kier molecular flexibility index (Phi) is 7.52. The molecule has 0 aliphatic rings. The van der Waals surface area contributed by atoms with E-state index >= 15 is 0 Å². The van der Waals surface area contributed by atoms with Crippen molar-refractivity contribution in [3.8, 4) is 11.4 Å². The van der Waals surface area contributed by atoms with Crippen LogP contribution in [0.5, 0.6) is 0 Å². The molecule has 3 aromatic carbocycles. The summed E-state index contributed by atoms with van der Waals surface area (Å²) >= 11 is 1.28. The first-order chi connectivity index (χ1) is 16.7. The number of thioether (sulfide) groups is 1. The average Bonchev–Trinajstić information content (AvgIpc) is 3.27. The summed E-state index contributed by atoms with van der Waals surface area (Å²) in [5.41, 5.74) is 2.44. The van der Waals surface area contributed by atoms with Crippen LogP contribution in [-0.4, -0.2) is 32.3 Å². The molecule has 4 aromatic rings. The van der Waals surface area contributed by atoms with Gasteiger partial charge in [-0.15, -0.1) is 16.8 Å². The topological polar surface area (TPSA) is 88.9 Å². The summed E-state index contributed by atoms with van der Waals surface area (Å²) < 4.78 is 1.92. The Morgan fingerprint density at radius 2 is 1.56 bits per heavy atom. The summed E-state index contributed by atoms with van der Waals surface area (Å²) in [4.78, 5) is 25.5. The second-order valence-electron chi connectivity index (χ2n) is 7.27. The number of nitrogens with zero attached hydrogens (tertiary/aromatic N) is 3. The van der Waals surface area contributed by atoms with E-state index in [0.717, 1.165) is 5.56 Å². The Morgan fingerprint density at radius 3 is 2.29 bits per heavy atom. The Balaban J connectivity index is 1.44. The lowest BCUT2D eigenvalue weighted by atomic mass is 10.1. The van der Waals surface area contributed by atoms with Gasteiger partial charge in [0.15, 0.2) is 11.0 Å². The first-order valence-electron chi connectivity index (χ1n) is 10.6. The van der Waals surface area contributed by atoms with Gasteiger partial charge in [-0.05, 0) is 24.3 Å². The second kappa shape index (κ2) is 11.1. The predicted molar refractivity (Wildman–Crippen MR) is 136 cm³/mol. The summed E-state index contributed by atoms with van der Waals surface area (Å²) in [7, 11) is 0. The van der Waals surface area contributed by atoms with Crippen molar-refractivity contribution < 1.29 is 9.59 Å². The number of amides is 2. The molecule has 0 unspecified atom stereocenters. The SMILES string of the molecule is C=CCn1c(SCC(=O)Nc2ccccc2C(=O)Nc2ccccc2)nnc1-c1ccccc1. The molecule has 2 N–H and O–H groups in total. The van der Waals surface area contributed by atoms with Gasteiger partial charge in [-0.1, -0.05) is 78.5 Å². The van der Waals surface area contributed by atoms with E-state index < -0.39 is 0 Å². The van der Waals surface area contributed by atoms with Crippen LogP contribution in [-0.2, 0) is 11.3 Å². The molecule has 0 aliphatic heterocycles. The average molecular weight is 470 g/mol. The van der Waals surface area contributed by atoms with E-state index in [1.54, 1.807) is 42.5 Å². The van der Waals surface area contributed by atoms with Crippen molar-refractivity contribution in [1.29, 1.82) is 0 Å². The van der Waals surface area contributed by atoms with E-state index in [9.17, 15) is 9.59 Å². The number of carbonyl (C=O) groups is 2. The summed E-state index contributed by atoms with van der Waals surface area (Å²) in [6.45, 7) is 4.33. The van der Waals surface area contributed by atoms with Gasteiger partial charge < -0.3 is 10.6 Å². The van der Waals surface area contributed by atoms with Crippen molar-refractivity contribution in [3.05, 3.63) is 103 Å². The largest absolute Gasteiger partial charge is 0.325 e. The maximum atomic E-state index is 12.8. The van der Waals surface area contributed by atoms with Crippen LogP contribution in [0.2, 0.25) is 0 Å². The third kappa shape index (κ3) is 5.60. The second-order valence-corrected chi connectivity index (χ2v) is 8.22. The molecular formula is C26H23N5O2S. The van der Waals surface area contributed by atoms with Crippen molar-refractivity contribution in [3.63, 3.8) is 0 Å². The van der Waals surface area contributed by atoms with Gasteiger partial charge in [0.05, 0.1) is 17.0 Å². The summed E-state index contributed by atoms with van der Waals surface area (Å²) in [5.74, 6) is 0.275. The molecule has 0 fully saturated rings. The third-order valence-corrected chi connectivity index (χ3v) is 5.84. The summed E-state index contributed by atoms with van der Waals surface area (Å²) in [5, 5.41) is 14.9. The fourth-order valence-corrected chi connectivity index (χ4v) is 4.06. The van der Waals surface area contributed by atoms with E-state index in [2.05, 4.69) is 27.4 Å². The molecule has 0 atom stereocenters. The van der Waals surface area contributed by atoms with Gasteiger partial charge in [-0.3, -0.25) is 14.2 Å². The highest BCUT2D eigenvalue weighted by atomic mass is 32.2. The summed E-state index contributed by atoms with van der Waals surface area (Å²) in [6.07, 6.45) is 1.77. The number of aromatic nitrogens is 3. The minimum Gasteiger partial charge on any atom is -0.325 e. The number of anilines is 2. The van der Waals surface area contributed by atoms with E-state index in [1.807, 2.05) is 53.1 Å². The van der Waals surface area contributed by atoms with Crippen molar-refractivity contribution >= 4 is 35.0 Å². The quantitative estimate of drug-likeness (QED) is 0.263. The minimum atomic E-state index is -0.298. The minimum absolute atomic E-state index is 0.110. The molecule has 34 heavy (non-hydrogen) atoms. The van der Waals surface area contributed by atoms with Crippen LogP contribution in [0.4, 0.5) is 11.4 Å². The predicted octanol–water partition coefficient (Wildman–Crippen LogP) is 5.11. The molecule has 1 heterocycles. The molecule has 4 rings (SSSR count). The number of allylic oxidation sites excluding steroid dienone is 1. The molecule has 7 nitrogen and oxygen atoms in total. The van der Waals surface area contributed by atoms with Gasteiger partial charge in [0.1, 0.15) is 0 Å². The number of para-hydroxylation sites is 2. The van der Waals surface area contributed by atoms with Gasteiger partial charge in [0.2, 0.25) is 5.91 Å². The van der Waals surface area contributed by atoms with Crippen molar-refractivity contribution in [1.82, 2.24) is 14.8 Å². The zero-order valence-electron chi connectivity index (χ0n) is 18.3.